The third-order valence-electron chi connectivity index (χ3n) is 5.83. The number of para-hydroxylation sites is 1. The number of hydrogen-bond acceptors (Lipinski definition) is 5. The molecule has 0 radical (unpaired) electrons. The van der Waals surface area contributed by atoms with Gasteiger partial charge in [-0.15, -0.1) is 0 Å². The summed E-state index contributed by atoms with van der Waals surface area (Å²) in [4.78, 5) is 27.3. The molecule has 0 N–H and O–H groups in total. The molecule has 6 heteroatoms. The summed E-state index contributed by atoms with van der Waals surface area (Å²) >= 11 is 0. The number of amides is 1. The van der Waals surface area contributed by atoms with E-state index in [1.54, 1.807) is 29.2 Å². The fourth-order valence-corrected chi connectivity index (χ4v) is 4.28. The molecule has 148 valence electrons. The number of benzene rings is 2. The molecule has 2 aliphatic heterocycles. The van der Waals surface area contributed by atoms with E-state index in [0.717, 1.165) is 25.2 Å². The molecule has 1 atom stereocenters. The Labute approximate surface area is 167 Å². The molecule has 0 unspecified atom stereocenters. The molecule has 1 aromatic heterocycles. The maximum absolute atomic E-state index is 13.0. The highest BCUT2D eigenvalue weighted by Gasteiger charge is 2.30. The second-order valence-electron chi connectivity index (χ2n) is 7.53. The molecule has 0 aliphatic carbocycles. The highest BCUT2D eigenvalue weighted by Crippen LogP contribution is 2.33. The van der Waals surface area contributed by atoms with Gasteiger partial charge in [-0.05, 0) is 35.7 Å². The van der Waals surface area contributed by atoms with Gasteiger partial charge < -0.3 is 18.8 Å². The Kier molecular flexibility index (Phi) is 4.27. The number of fused-ring (bicyclic) bond motifs is 2. The second-order valence-corrected chi connectivity index (χ2v) is 7.53. The largest absolute Gasteiger partial charge is 0.493 e. The quantitative estimate of drug-likeness (QED) is 0.641. The summed E-state index contributed by atoms with van der Waals surface area (Å²) in [5.74, 6) is 1.41. The van der Waals surface area contributed by atoms with Crippen molar-refractivity contribution in [3.8, 4) is 11.5 Å². The van der Waals surface area contributed by atoms with E-state index in [1.165, 1.54) is 18.2 Å². The summed E-state index contributed by atoms with van der Waals surface area (Å²) in [7, 11) is 1.52. The Bertz CT molecular complexity index is 1170. The number of rotatable bonds is 3. The smallest absolute Gasteiger partial charge is 0.349 e. The van der Waals surface area contributed by atoms with E-state index in [9.17, 15) is 9.59 Å². The average Bonchev–Trinajstić information content (AvgIpc) is 3.41. The van der Waals surface area contributed by atoms with E-state index in [4.69, 9.17) is 13.9 Å². The minimum absolute atomic E-state index is 0.0637. The summed E-state index contributed by atoms with van der Waals surface area (Å²) in [5.41, 5.74) is 2.24. The van der Waals surface area contributed by atoms with Crippen LogP contribution in [0.5, 0.6) is 11.5 Å². The van der Waals surface area contributed by atoms with Gasteiger partial charge in [0.2, 0.25) is 0 Å². The zero-order valence-electron chi connectivity index (χ0n) is 16.1. The van der Waals surface area contributed by atoms with Gasteiger partial charge in [-0.2, -0.15) is 0 Å². The van der Waals surface area contributed by atoms with E-state index < -0.39 is 5.63 Å². The van der Waals surface area contributed by atoms with Crippen LogP contribution in [0.4, 0.5) is 0 Å². The van der Waals surface area contributed by atoms with Crippen LogP contribution < -0.4 is 15.1 Å². The molecule has 0 spiro atoms. The number of methoxy groups -OCH3 is 1. The van der Waals surface area contributed by atoms with Crippen LogP contribution in [0, 0.1) is 0 Å². The van der Waals surface area contributed by atoms with Crippen molar-refractivity contribution in [1.82, 2.24) is 4.90 Å². The molecule has 3 aromatic rings. The van der Waals surface area contributed by atoms with Crippen LogP contribution in [-0.2, 0) is 6.42 Å². The first-order chi connectivity index (χ1) is 14.1. The predicted octanol–water partition coefficient (Wildman–Crippen LogP) is 3.37. The van der Waals surface area contributed by atoms with E-state index in [0.29, 0.717) is 29.8 Å². The van der Waals surface area contributed by atoms with Crippen molar-refractivity contribution < 1.29 is 18.7 Å². The monoisotopic (exact) mass is 391 g/mol. The van der Waals surface area contributed by atoms with Crippen LogP contribution in [-0.4, -0.2) is 37.6 Å². The fourth-order valence-electron chi connectivity index (χ4n) is 4.28. The summed E-state index contributed by atoms with van der Waals surface area (Å²) in [6, 6.07) is 13.2. The third kappa shape index (κ3) is 3.05. The number of carbonyl (C=O) groups excluding carboxylic acids is 1. The van der Waals surface area contributed by atoms with Gasteiger partial charge in [0.15, 0.2) is 11.3 Å². The SMILES string of the molecule is COc1cccc2cc(C(=O)N3CC[C@@H](c4ccc5c(c4)CCO5)C3)c(=O)oc12. The van der Waals surface area contributed by atoms with Gasteiger partial charge in [-0.1, -0.05) is 24.3 Å². The first-order valence-corrected chi connectivity index (χ1v) is 9.80. The Balaban J connectivity index is 1.40. The maximum atomic E-state index is 13.0. The molecule has 2 aliphatic rings. The van der Waals surface area contributed by atoms with E-state index in [1.807, 2.05) is 6.07 Å². The molecule has 6 nitrogen and oxygen atoms in total. The van der Waals surface area contributed by atoms with Crippen molar-refractivity contribution in [3.05, 3.63) is 69.6 Å². The molecule has 1 amide bonds. The van der Waals surface area contributed by atoms with Crippen LogP contribution in [0.1, 0.15) is 33.8 Å². The molecular weight excluding hydrogens is 370 g/mol. The molecule has 29 heavy (non-hydrogen) atoms. The Morgan fingerprint density at radius 1 is 1.21 bits per heavy atom. The summed E-state index contributed by atoms with van der Waals surface area (Å²) in [5, 5.41) is 0.668. The van der Waals surface area contributed by atoms with Crippen LogP contribution >= 0.6 is 0 Å². The van der Waals surface area contributed by atoms with Crippen molar-refractivity contribution in [1.29, 1.82) is 0 Å². The van der Waals surface area contributed by atoms with Crippen LogP contribution in [0.2, 0.25) is 0 Å². The van der Waals surface area contributed by atoms with Crippen molar-refractivity contribution in [2.75, 3.05) is 26.8 Å². The average molecular weight is 391 g/mol. The topological polar surface area (TPSA) is 69.0 Å². The zero-order valence-corrected chi connectivity index (χ0v) is 16.1. The highest BCUT2D eigenvalue weighted by molar-refractivity contribution is 5.97. The van der Waals surface area contributed by atoms with Crippen LogP contribution in [0.25, 0.3) is 11.0 Å². The van der Waals surface area contributed by atoms with Gasteiger partial charge in [0, 0.05) is 30.8 Å². The lowest BCUT2D eigenvalue weighted by Crippen LogP contribution is -2.32. The van der Waals surface area contributed by atoms with Gasteiger partial charge in [0.25, 0.3) is 5.91 Å². The van der Waals surface area contributed by atoms with E-state index in [-0.39, 0.29) is 17.4 Å². The lowest BCUT2D eigenvalue weighted by Gasteiger charge is -2.17. The molecule has 5 rings (SSSR count). The number of carbonyl (C=O) groups is 1. The van der Waals surface area contributed by atoms with Gasteiger partial charge in [-0.25, -0.2) is 4.79 Å². The first-order valence-electron chi connectivity index (χ1n) is 9.80. The fraction of sp³-hybridized carbons (Fsp3) is 0.304. The van der Waals surface area contributed by atoms with Crippen molar-refractivity contribution in [2.24, 2.45) is 0 Å². The van der Waals surface area contributed by atoms with Gasteiger partial charge in [-0.3, -0.25) is 4.79 Å². The van der Waals surface area contributed by atoms with Gasteiger partial charge in [0.05, 0.1) is 13.7 Å². The van der Waals surface area contributed by atoms with Crippen molar-refractivity contribution in [2.45, 2.75) is 18.8 Å². The normalized spacial score (nSPS) is 18.0. The molecule has 0 bridgehead atoms. The maximum Gasteiger partial charge on any atom is 0.349 e. The van der Waals surface area contributed by atoms with Gasteiger partial charge in [0.1, 0.15) is 11.3 Å². The lowest BCUT2D eigenvalue weighted by molar-refractivity contribution is 0.0786. The van der Waals surface area contributed by atoms with E-state index in [2.05, 4.69) is 12.1 Å². The highest BCUT2D eigenvalue weighted by atomic mass is 16.5. The summed E-state index contributed by atoms with van der Waals surface area (Å²) < 4.78 is 16.2. The number of nitrogens with zero attached hydrogens (tertiary/aromatic N) is 1. The van der Waals surface area contributed by atoms with Crippen molar-refractivity contribution in [3.63, 3.8) is 0 Å². The molecule has 3 heterocycles. The third-order valence-corrected chi connectivity index (χ3v) is 5.83. The first kappa shape index (κ1) is 17.8. The number of ether oxygens (including phenoxy) is 2. The molecule has 0 saturated carbocycles. The number of hydrogen-bond donors (Lipinski definition) is 0. The minimum Gasteiger partial charge on any atom is -0.493 e. The standard InChI is InChI=1S/C23H21NO5/c1-27-20-4-2-3-16-12-18(23(26)29-21(16)20)22(25)24-9-7-17(13-24)14-5-6-19-15(11-14)8-10-28-19/h2-6,11-12,17H,7-10,13H2,1H3/t17-/m1/s1. The molecule has 2 aromatic carbocycles. The Morgan fingerprint density at radius 2 is 2.10 bits per heavy atom. The Hall–Kier alpha value is -3.28. The summed E-state index contributed by atoms with van der Waals surface area (Å²) in [6.07, 6.45) is 1.80. The lowest BCUT2D eigenvalue weighted by atomic mass is 9.96. The Morgan fingerprint density at radius 3 is 2.97 bits per heavy atom. The van der Waals surface area contributed by atoms with Crippen LogP contribution in [0.3, 0.4) is 0 Å². The molecule has 1 fully saturated rings. The second kappa shape index (κ2) is 6.95. The predicted molar refractivity (Wildman–Crippen MR) is 108 cm³/mol. The van der Waals surface area contributed by atoms with Crippen molar-refractivity contribution >= 4 is 16.9 Å². The van der Waals surface area contributed by atoms with E-state index >= 15 is 0 Å². The molecular formula is C23H21NO5. The van der Waals surface area contributed by atoms with Gasteiger partial charge >= 0.3 is 5.63 Å². The van der Waals surface area contributed by atoms with Crippen LogP contribution in [0.15, 0.2) is 51.7 Å². The zero-order chi connectivity index (χ0) is 20.0. The summed E-state index contributed by atoms with van der Waals surface area (Å²) in [6.45, 7) is 1.94. The number of likely N-dealkylation sites (tertiary alicyclic amines) is 1. The molecule has 1 saturated heterocycles. The minimum atomic E-state index is -0.634.